The summed E-state index contributed by atoms with van der Waals surface area (Å²) in [6.07, 6.45) is 11.4. The second-order valence-corrected chi connectivity index (χ2v) is 15.4. The predicted octanol–water partition coefficient (Wildman–Crippen LogP) is 2.12. The van der Waals surface area contributed by atoms with Gasteiger partial charge in [0, 0.05) is 115 Å². The van der Waals surface area contributed by atoms with Gasteiger partial charge < -0.3 is 45.8 Å². The zero-order valence-electron chi connectivity index (χ0n) is 39.6. The van der Waals surface area contributed by atoms with Crippen LogP contribution in [0.5, 0.6) is 0 Å². The van der Waals surface area contributed by atoms with E-state index in [1.165, 1.54) is 85.8 Å². The number of benzene rings is 4. The van der Waals surface area contributed by atoms with Crippen molar-refractivity contribution in [2.45, 2.75) is 50.6 Å². The summed E-state index contributed by atoms with van der Waals surface area (Å²) >= 11 is 0. The first-order chi connectivity index (χ1) is 28.9. The van der Waals surface area contributed by atoms with Gasteiger partial charge in [0.2, 0.25) is 0 Å². The van der Waals surface area contributed by atoms with E-state index >= 15 is 0 Å². The Morgan fingerprint density at radius 1 is 0.652 bits per heavy atom. The smallest absolute Gasteiger partial charge is 1.00 e. The molecule has 2 aromatic heterocycles. The van der Waals surface area contributed by atoms with Gasteiger partial charge >= 0.3 is 138 Å². The van der Waals surface area contributed by atoms with Crippen molar-refractivity contribution in [3.8, 4) is 5.69 Å². The van der Waals surface area contributed by atoms with E-state index in [4.69, 9.17) is 10.1 Å². The number of aromatic amines is 1. The van der Waals surface area contributed by atoms with E-state index in [-0.39, 0.29) is 233 Å². The minimum absolute atomic E-state index is 0. The first-order valence-electron chi connectivity index (χ1n) is 20.6. The third-order valence-corrected chi connectivity index (χ3v) is 11.8. The molecular weight excluding hydrogens is 1440 g/mol. The van der Waals surface area contributed by atoms with Crippen LogP contribution in [0.25, 0.3) is 27.5 Å². The standard InChI is InChI=1S/C23H25N3O.C15H19FN2O.C8H7N.CH2O3.2CH3.ClH.2Cs.2W.H/c27-23(25-15-12-21(17-25)24-13-3-4-14-24)19-7-9-20(10-8-19)26-16-11-18-5-1-2-6-22(18)26;16-13-5-3-12(4-6-13)15(19)18-10-7-14(11-18)17-8-1-2-9-17;1-2-4-8-7(3-1)5-6-9-8;2-1-4-3;;;;;;;;/h1-2,5-11,16,21H,3-4,12-15,17H2;3-6,14H,1-2,7-11H2;1-6,9H;1,3H;2*1H3;1H;;;;;/q;;;;2*-1;;2*+1;;;-1/p-1/t21-;14-;;;;;;;;;;/m00........../s1. The average Bonchev–Trinajstić information content (AvgIpc) is 4.14. The molecule has 4 aliphatic rings. The molecule has 4 aromatic carbocycles. The Kier molecular flexibility index (Phi) is 34.3. The van der Waals surface area contributed by atoms with E-state index in [1.807, 2.05) is 52.4 Å². The number of nitrogens with one attached hydrogen (secondary N) is 1. The molecule has 0 aliphatic carbocycles. The second kappa shape index (κ2) is 34.3. The van der Waals surface area contributed by atoms with Gasteiger partial charge in [0.1, 0.15) is 5.82 Å². The summed E-state index contributed by atoms with van der Waals surface area (Å²) in [6, 6.07) is 35.7. The predicted molar refractivity (Wildman–Crippen MR) is 247 cm³/mol. The van der Waals surface area contributed by atoms with E-state index in [0.29, 0.717) is 17.6 Å². The molecule has 0 radical (unpaired) electrons. The zero-order chi connectivity index (χ0) is 41.0. The number of fused-ring (bicyclic) bond motifs is 2. The van der Waals surface area contributed by atoms with E-state index in [0.717, 1.165) is 50.3 Å². The van der Waals surface area contributed by atoms with Gasteiger partial charge in [-0.1, -0.05) is 36.4 Å². The van der Waals surface area contributed by atoms with Crippen molar-refractivity contribution >= 4 is 52.5 Å². The summed E-state index contributed by atoms with van der Waals surface area (Å²) < 4.78 is 15.0. The third kappa shape index (κ3) is 18.2. The summed E-state index contributed by atoms with van der Waals surface area (Å²) in [5.74, 6) is -0.102. The number of aromatic nitrogens is 2. The Labute approximate surface area is 544 Å². The number of carbonyl (C=O) groups is 3. The van der Waals surface area contributed by atoms with Crippen molar-refractivity contribution in [3.05, 3.63) is 153 Å². The Balaban J connectivity index is 0. The van der Waals surface area contributed by atoms with Crippen molar-refractivity contribution in [3.63, 3.8) is 0 Å². The number of H-pyrrole nitrogens is 1. The van der Waals surface area contributed by atoms with E-state index in [1.54, 1.807) is 12.1 Å². The van der Waals surface area contributed by atoms with Crippen LogP contribution in [0.4, 0.5) is 4.39 Å². The Morgan fingerprint density at radius 2 is 1.11 bits per heavy atom. The summed E-state index contributed by atoms with van der Waals surface area (Å²) in [5.41, 5.74) is 4.85. The number of likely N-dealkylation sites (tertiary alicyclic amines) is 4. The number of rotatable bonds is 6. The molecule has 6 aromatic rings. The maximum Gasteiger partial charge on any atom is 1.00 e. The molecule has 0 saturated carbocycles. The van der Waals surface area contributed by atoms with E-state index in [2.05, 4.69) is 79.0 Å². The SMILES string of the molecule is Cl.O=C(c1ccc(-n2ccc3ccccc32)cc1)N1CC[C@H](N2CCCC2)C1.O=C(c1ccc(F)cc1)N1CC[C@H](N2CCCC2)C1.O=CO[O-].[CH3-].[CH3-].[Cs+].[Cs+].[H-].[W].[W].c1ccc2[nH]ccc2c1. The molecule has 6 heterocycles. The fourth-order valence-electron chi connectivity index (χ4n) is 8.69. The summed E-state index contributed by atoms with van der Waals surface area (Å²) in [5, 5.41) is 10.9. The number of halogens is 2. The normalized spacial score (nSPS) is 17.1. The van der Waals surface area contributed by atoms with Crippen LogP contribution >= 0.6 is 12.4 Å². The van der Waals surface area contributed by atoms with Crippen molar-refractivity contribution in [2.75, 3.05) is 52.4 Å². The molecule has 0 spiro atoms. The molecule has 4 saturated heterocycles. The van der Waals surface area contributed by atoms with Crippen LogP contribution in [0.1, 0.15) is 60.7 Å². The summed E-state index contributed by atoms with van der Waals surface area (Å²) in [6.45, 7) is 7.95. The number of hydrogen-bond acceptors (Lipinski definition) is 7. The van der Waals surface area contributed by atoms with Crippen molar-refractivity contribution < 1.29 is 210 Å². The quantitative estimate of drug-likeness (QED) is 0.118. The number of amides is 2. The minimum Gasteiger partial charge on any atom is -1.00 e. The van der Waals surface area contributed by atoms with Gasteiger partial charge in [-0.3, -0.25) is 24.2 Å². The van der Waals surface area contributed by atoms with E-state index < -0.39 is 0 Å². The third-order valence-electron chi connectivity index (χ3n) is 11.8. The molecule has 4 aliphatic heterocycles. The second-order valence-electron chi connectivity index (χ2n) is 15.4. The van der Waals surface area contributed by atoms with Crippen LogP contribution in [0.3, 0.4) is 0 Å². The molecule has 0 bridgehead atoms. The first-order valence-corrected chi connectivity index (χ1v) is 20.6. The molecule has 346 valence electrons. The van der Waals surface area contributed by atoms with Crippen molar-refractivity contribution in [1.29, 1.82) is 0 Å². The Bertz CT molecular complexity index is 2270. The van der Waals surface area contributed by atoms with Crippen molar-refractivity contribution in [2.24, 2.45) is 0 Å². The maximum absolute atomic E-state index is 12.9. The van der Waals surface area contributed by atoms with Gasteiger partial charge in [0.15, 0.2) is 0 Å². The molecule has 17 heteroatoms. The van der Waals surface area contributed by atoms with Crippen LogP contribution < -0.4 is 143 Å². The molecule has 10 rings (SSSR count). The monoisotopic (exact) mass is 1500 g/mol. The molecule has 66 heavy (non-hydrogen) atoms. The van der Waals surface area contributed by atoms with Gasteiger partial charge in [0.25, 0.3) is 18.3 Å². The summed E-state index contributed by atoms with van der Waals surface area (Å²) in [4.78, 5) is 48.6. The van der Waals surface area contributed by atoms with E-state index in [9.17, 15) is 14.0 Å². The molecular formula is C49H60ClCs2FN6O5W2-2. The Morgan fingerprint density at radius 3 is 1.59 bits per heavy atom. The van der Waals surface area contributed by atoms with Gasteiger partial charge in [-0.25, -0.2) is 4.39 Å². The molecule has 4 fully saturated rings. The van der Waals surface area contributed by atoms with Crippen LogP contribution in [-0.4, -0.2) is 112 Å². The number of nitrogens with zero attached hydrogens (tertiary/aromatic N) is 5. The van der Waals surface area contributed by atoms with Gasteiger partial charge in [-0.15, -0.1) is 12.4 Å². The molecule has 2 amide bonds. The van der Waals surface area contributed by atoms with Crippen LogP contribution in [-0.2, 0) is 51.8 Å². The average molecular weight is 1500 g/mol. The fraction of sp³-hybridized carbons (Fsp3) is 0.327. The molecule has 11 nitrogen and oxygen atoms in total. The number of para-hydroxylation sites is 2. The first kappa shape index (κ1) is 66.0. The van der Waals surface area contributed by atoms with Gasteiger partial charge in [-0.05, 0) is 148 Å². The minimum atomic E-state index is -0.298. The molecule has 0 unspecified atom stereocenters. The fourth-order valence-corrected chi connectivity index (χ4v) is 8.69. The van der Waals surface area contributed by atoms with Gasteiger partial charge in [-0.2, -0.15) is 0 Å². The largest absolute Gasteiger partial charge is 1.00 e. The number of carbonyl (C=O) groups excluding carboxylic acids is 3. The van der Waals surface area contributed by atoms with Crippen molar-refractivity contribution in [1.82, 2.24) is 29.2 Å². The summed E-state index contributed by atoms with van der Waals surface area (Å²) in [7, 11) is 0. The molecule has 2 atom stereocenters. The zero-order valence-corrected chi connectivity index (χ0v) is 57.8. The maximum atomic E-state index is 12.9. The molecule has 1 N–H and O–H groups in total. The Hall–Kier alpha value is -0.0495. The van der Waals surface area contributed by atoms with Crippen LogP contribution in [0, 0.1) is 20.7 Å². The van der Waals surface area contributed by atoms with Gasteiger partial charge in [0.05, 0.1) is 5.52 Å². The number of hydrogen-bond donors (Lipinski definition) is 1. The van der Waals surface area contributed by atoms with Crippen LogP contribution in [0.2, 0.25) is 0 Å². The van der Waals surface area contributed by atoms with Crippen LogP contribution in [0.15, 0.2) is 122 Å². The topological polar surface area (TPSA) is 117 Å².